The molecule has 9 heteroatoms. The second kappa shape index (κ2) is 8.68. The van der Waals surface area contributed by atoms with Gasteiger partial charge in [0.15, 0.2) is 5.69 Å². The van der Waals surface area contributed by atoms with Gasteiger partial charge in [0.2, 0.25) is 0 Å². The number of piperidine rings is 1. The summed E-state index contributed by atoms with van der Waals surface area (Å²) in [7, 11) is 3.12. The zero-order valence-electron chi connectivity index (χ0n) is 14.2. The van der Waals surface area contributed by atoms with Crippen molar-refractivity contribution < 1.29 is 14.3 Å². The molecule has 1 aromatic carbocycles. The van der Waals surface area contributed by atoms with Crippen LogP contribution < -0.4 is 20.1 Å². The fourth-order valence-corrected chi connectivity index (χ4v) is 2.71. The predicted molar refractivity (Wildman–Crippen MR) is 95.9 cm³/mol. The molecule has 1 amide bonds. The lowest BCUT2D eigenvalue weighted by Gasteiger charge is -2.22. The number of nitrogens with one attached hydrogen (secondary N) is 2. The summed E-state index contributed by atoms with van der Waals surface area (Å²) >= 11 is 0. The van der Waals surface area contributed by atoms with E-state index in [2.05, 4.69) is 20.9 Å². The van der Waals surface area contributed by atoms with Crippen molar-refractivity contribution in [1.29, 1.82) is 0 Å². The Hall–Kier alpha value is -2.32. The Balaban J connectivity index is 0.00000225. The zero-order valence-corrected chi connectivity index (χ0v) is 15.0. The first-order chi connectivity index (χ1) is 11.7. The number of ether oxygens (including phenoxy) is 2. The van der Waals surface area contributed by atoms with E-state index in [1.165, 1.54) is 0 Å². The number of aromatic nitrogens is 3. The van der Waals surface area contributed by atoms with Gasteiger partial charge < -0.3 is 20.1 Å². The molecule has 0 bridgehead atoms. The van der Waals surface area contributed by atoms with Crippen LogP contribution in [0.15, 0.2) is 24.4 Å². The number of carbonyl (C=O) groups excluding carboxylic acids is 1. The van der Waals surface area contributed by atoms with Crippen LogP contribution in [-0.2, 0) is 0 Å². The molecule has 0 aliphatic carbocycles. The van der Waals surface area contributed by atoms with Crippen LogP contribution in [0, 0.1) is 0 Å². The van der Waals surface area contributed by atoms with E-state index in [9.17, 15) is 4.79 Å². The average molecular weight is 368 g/mol. The number of rotatable bonds is 5. The molecule has 1 saturated heterocycles. The summed E-state index contributed by atoms with van der Waals surface area (Å²) in [6.45, 7) is 1.91. The molecule has 136 valence electrons. The van der Waals surface area contributed by atoms with Gasteiger partial charge in [-0.15, -0.1) is 17.5 Å². The first kappa shape index (κ1) is 19.0. The summed E-state index contributed by atoms with van der Waals surface area (Å²) in [5.74, 6) is 0.886. The van der Waals surface area contributed by atoms with E-state index in [0.717, 1.165) is 25.9 Å². The van der Waals surface area contributed by atoms with Crippen LogP contribution in [0.25, 0.3) is 0 Å². The quantitative estimate of drug-likeness (QED) is 0.838. The van der Waals surface area contributed by atoms with Crippen LogP contribution in [0.2, 0.25) is 0 Å². The van der Waals surface area contributed by atoms with Gasteiger partial charge in [0.05, 0.1) is 26.5 Å². The SMILES string of the molecule is COc1cc(NC(=O)c2cn(C3CCNCC3)nn2)cc(OC)c1.Cl. The largest absolute Gasteiger partial charge is 0.497 e. The van der Waals surface area contributed by atoms with Gasteiger partial charge >= 0.3 is 0 Å². The molecule has 8 nitrogen and oxygen atoms in total. The number of anilines is 1. The summed E-state index contributed by atoms with van der Waals surface area (Å²) < 4.78 is 12.2. The minimum absolute atomic E-state index is 0. The number of methoxy groups -OCH3 is 2. The number of carbonyl (C=O) groups is 1. The van der Waals surface area contributed by atoms with Crippen LogP contribution in [-0.4, -0.2) is 48.2 Å². The van der Waals surface area contributed by atoms with E-state index in [4.69, 9.17) is 9.47 Å². The van der Waals surface area contributed by atoms with E-state index in [1.807, 2.05) is 0 Å². The monoisotopic (exact) mass is 367 g/mol. The minimum atomic E-state index is -0.314. The van der Waals surface area contributed by atoms with Crippen molar-refractivity contribution in [2.75, 3.05) is 32.6 Å². The zero-order chi connectivity index (χ0) is 16.9. The van der Waals surface area contributed by atoms with Crippen molar-refractivity contribution in [3.63, 3.8) is 0 Å². The standard InChI is InChI=1S/C16H21N5O3.ClH/c1-23-13-7-11(8-14(9-13)24-2)18-16(22)15-10-21(20-19-15)12-3-5-17-6-4-12;/h7-10,12,17H,3-6H2,1-2H3,(H,18,22);1H. The van der Waals surface area contributed by atoms with Gasteiger partial charge in [-0.3, -0.25) is 4.79 Å². The molecule has 1 fully saturated rings. The van der Waals surface area contributed by atoms with E-state index in [1.54, 1.807) is 43.3 Å². The van der Waals surface area contributed by atoms with E-state index in [0.29, 0.717) is 17.2 Å². The third-order valence-electron chi connectivity index (χ3n) is 4.04. The lowest BCUT2D eigenvalue weighted by molar-refractivity contribution is 0.102. The maximum atomic E-state index is 12.4. The van der Waals surface area contributed by atoms with Gasteiger partial charge in [-0.2, -0.15) is 0 Å². The number of halogens is 1. The summed E-state index contributed by atoms with van der Waals surface area (Å²) in [4.78, 5) is 12.4. The second-order valence-electron chi connectivity index (χ2n) is 5.62. The molecule has 2 aromatic rings. The van der Waals surface area contributed by atoms with Gasteiger partial charge in [0.25, 0.3) is 5.91 Å². The second-order valence-corrected chi connectivity index (χ2v) is 5.62. The molecule has 0 atom stereocenters. The Morgan fingerprint density at radius 1 is 1.20 bits per heavy atom. The van der Waals surface area contributed by atoms with Crippen LogP contribution in [0.1, 0.15) is 29.4 Å². The predicted octanol–water partition coefficient (Wildman–Crippen LogP) is 1.89. The van der Waals surface area contributed by atoms with Gasteiger partial charge in [-0.1, -0.05) is 5.21 Å². The third kappa shape index (κ3) is 4.61. The molecule has 1 aromatic heterocycles. The maximum absolute atomic E-state index is 12.4. The maximum Gasteiger partial charge on any atom is 0.277 e. The molecule has 2 heterocycles. The van der Waals surface area contributed by atoms with Crippen LogP contribution in [0.5, 0.6) is 11.5 Å². The molecule has 1 aliphatic rings. The topological polar surface area (TPSA) is 90.3 Å². The molecular weight excluding hydrogens is 346 g/mol. The Morgan fingerprint density at radius 2 is 1.84 bits per heavy atom. The highest BCUT2D eigenvalue weighted by molar-refractivity contribution is 6.02. The molecule has 0 spiro atoms. The van der Waals surface area contributed by atoms with Crippen LogP contribution >= 0.6 is 12.4 Å². The molecule has 3 rings (SSSR count). The van der Waals surface area contributed by atoms with Gasteiger partial charge in [-0.05, 0) is 25.9 Å². The lowest BCUT2D eigenvalue weighted by Crippen LogP contribution is -2.29. The Kier molecular flexibility index (Phi) is 6.60. The molecule has 0 unspecified atom stereocenters. The first-order valence-electron chi connectivity index (χ1n) is 7.86. The number of hydrogen-bond donors (Lipinski definition) is 2. The number of amides is 1. The van der Waals surface area contributed by atoms with E-state index in [-0.39, 0.29) is 30.0 Å². The van der Waals surface area contributed by atoms with Crippen molar-refractivity contribution in [2.45, 2.75) is 18.9 Å². The highest BCUT2D eigenvalue weighted by Gasteiger charge is 2.19. The van der Waals surface area contributed by atoms with E-state index < -0.39 is 0 Å². The van der Waals surface area contributed by atoms with Crippen LogP contribution in [0.4, 0.5) is 5.69 Å². The normalized spacial score (nSPS) is 14.5. The molecule has 25 heavy (non-hydrogen) atoms. The van der Waals surface area contributed by atoms with Crippen molar-refractivity contribution in [1.82, 2.24) is 20.3 Å². The average Bonchev–Trinajstić information content (AvgIpc) is 3.12. The number of benzene rings is 1. The number of hydrogen-bond acceptors (Lipinski definition) is 6. The Morgan fingerprint density at radius 3 is 2.44 bits per heavy atom. The minimum Gasteiger partial charge on any atom is -0.497 e. The van der Waals surface area contributed by atoms with E-state index >= 15 is 0 Å². The van der Waals surface area contributed by atoms with Gasteiger partial charge in [0.1, 0.15) is 11.5 Å². The Bertz CT molecular complexity index is 693. The summed E-state index contributed by atoms with van der Waals surface area (Å²) in [6.07, 6.45) is 3.66. The molecule has 1 aliphatic heterocycles. The van der Waals surface area contributed by atoms with Crippen molar-refractivity contribution in [3.05, 3.63) is 30.1 Å². The highest BCUT2D eigenvalue weighted by Crippen LogP contribution is 2.26. The molecule has 0 saturated carbocycles. The molecule has 2 N–H and O–H groups in total. The lowest BCUT2D eigenvalue weighted by atomic mass is 10.1. The fourth-order valence-electron chi connectivity index (χ4n) is 2.71. The highest BCUT2D eigenvalue weighted by atomic mass is 35.5. The van der Waals surface area contributed by atoms with Crippen molar-refractivity contribution in [3.8, 4) is 11.5 Å². The molecular formula is C16H22ClN5O3. The van der Waals surface area contributed by atoms with Crippen molar-refractivity contribution in [2.24, 2.45) is 0 Å². The smallest absolute Gasteiger partial charge is 0.277 e. The van der Waals surface area contributed by atoms with Crippen molar-refractivity contribution >= 4 is 24.0 Å². The first-order valence-corrected chi connectivity index (χ1v) is 7.86. The number of nitrogens with zero attached hydrogens (tertiary/aromatic N) is 3. The fraction of sp³-hybridized carbons (Fsp3) is 0.438. The van der Waals surface area contributed by atoms with Gasteiger partial charge in [0, 0.05) is 23.9 Å². The Labute approximate surface area is 152 Å². The summed E-state index contributed by atoms with van der Waals surface area (Å²) in [5.41, 5.74) is 0.864. The summed E-state index contributed by atoms with van der Waals surface area (Å²) in [6, 6.07) is 5.47. The van der Waals surface area contributed by atoms with Crippen LogP contribution in [0.3, 0.4) is 0 Å². The summed E-state index contributed by atoms with van der Waals surface area (Å²) in [5, 5.41) is 14.2. The third-order valence-corrected chi connectivity index (χ3v) is 4.04. The molecule has 0 radical (unpaired) electrons. The van der Waals surface area contributed by atoms with Gasteiger partial charge in [-0.25, -0.2) is 4.68 Å².